The number of piperidine rings is 1. The number of hydrogen-bond donors (Lipinski definition) is 1. The van der Waals surface area contributed by atoms with Crippen molar-refractivity contribution in [1.29, 1.82) is 0 Å². The molecule has 3 heteroatoms. The lowest BCUT2D eigenvalue weighted by Gasteiger charge is -2.37. The quantitative estimate of drug-likeness (QED) is 0.857. The van der Waals surface area contributed by atoms with E-state index in [1.807, 2.05) is 0 Å². The van der Waals surface area contributed by atoms with Gasteiger partial charge in [-0.05, 0) is 32.0 Å². The lowest BCUT2D eigenvalue weighted by Crippen LogP contribution is -2.46. The molecule has 0 spiro atoms. The van der Waals surface area contributed by atoms with Crippen molar-refractivity contribution in [3.05, 3.63) is 35.9 Å². The third kappa shape index (κ3) is 3.80. The number of rotatable bonds is 5. The summed E-state index contributed by atoms with van der Waals surface area (Å²) in [6.45, 7) is 4.39. The minimum atomic E-state index is 0.256. The van der Waals surface area contributed by atoms with Gasteiger partial charge in [0.05, 0.1) is 6.61 Å². The molecule has 1 heterocycles. The van der Waals surface area contributed by atoms with Gasteiger partial charge in [-0.15, -0.1) is 0 Å². The van der Waals surface area contributed by atoms with Crippen molar-refractivity contribution >= 4 is 0 Å². The van der Waals surface area contributed by atoms with Gasteiger partial charge in [-0.3, -0.25) is 9.80 Å². The fourth-order valence-corrected chi connectivity index (χ4v) is 2.72. The molecule has 0 aromatic heterocycles. The maximum atomic E-state index is 9.01. The van der Waals surface area contributed by atoms with Crippen molar-refractivity contribution in [2.24, 2.45) is 0 Å². The van der Waals surface area contributed by atoms with Gasteiger partial charge in [0.15, 0.2) is 0 Å². The predicted octanol–water partition coefficient (Wildman–Crippen LogP) is 1.58. The standard InChI is InChI=1S/C15H24N2O/c1-16(10-11-18)15-8-5-9-17(13-15)12-14-6-3-2-4-7-14/h2-4,6-7,15,18H,5,8-13H2,1H3. The fraction of sp³-hybridized carbons (Fsp3) is 0.600. The molecule has 0 saturated carbocycles. The molecule has 1 fully saturated rings. The average molecular weight is 248 g/mol. The van der Waals surface area contributed by atoms with Crippen LogP contribution in [0.1, 0.15) is 18.4 Å². The van der Waals surface area contributed by atoms with Crippen LogP contribution >= 0.6 is 0 Å². The summed E-state index contributed by atoms with van der Waals surface area (Å²) < 4.78 is 0. The van der Waals surface area contributed by atoms with Crippen LogP contribution in [-0.2, 0) is 6.54 Å². The van der Waals surface area contributed by atoms with Crippen molar-refractivity contribution < 1.29 is 5.11 Å². The molecule has 1 aromatic rings. The van der Waals surface area contributed by atoms with Gasteiger partial charge in [-0.2, -0.15) is 0 Å². The van der Waals surface area contributed by atoms with E-state index in [1.165, 1.54) is 24.9 Å². The van der Waals surface area contributed by atoms with Gasteiger partial charge < -0.3 is 5.11 Å². The Balaban J connectivity index is 1.87. The van der Waals surface area contributed by atoms with Crippen molar-refractivity contribution in [3.8, 4) is 0 Å². The first-order chi connectivity index (χ1) is 8.79. The van der Waals surface area contributed by atoms with Crippen LogP contribution in [0, 0.1) is 0 Å². The van der Waals surface area contributed by atoms with Crippen LogP contribution in [0.4, 0.5) is 0 Å². The van der Waals surface area contributed by atoms with Gasteiger partial charge in [0.25, 0.3) is 0 Å². The van der Waals surface area contributed by atoms with Crippen LogP contribution in [0.15, 0.2) is 30.3 Å². The summed E-state index contributed by atoms with van der Waals surface area (Å²) in [5.41, 5.74) is 1.39. The number of likely N-dealkylation sites (N-methyl/N-ethyl adjacent to an activating group) is 1. The van der Waals surface area contributed by atoms with Gasteiger partial charge in [-0.25, -0.2) is 0 Å². The van der Waals surface area contributed by atoms with Crippen molar-refractivity contribution in [1.82, 2.24) is 9.80 Å². The molecule has 1 N–H and O–H groups in total. The van der Waals surface area contributed by atoms with E-state index >= 15 is 0 Å². The highest BCUT2D eigenvalue weighted by atomic mass is 16.3. The molecule has 1 atom stereocenters. The molecule has 0 bridgehead atoms. The van der Waals surface area contributed by atoms with E-state index in [9.17, 15) is 0 Å². The van der Waals surface area contributed by atoms with E-state index in [0.717, 1.165) is 19.6 Å². The third-order valence-electron chi connectivity index (χ3n) is 3.81. The SMILES string of the molecule is CN(CCO)C1CCCN(Cc2ccccc2)C1. The Bertz CT molecular complexity index is 342. The third-order valence-corrected chi connectivity index (χ3v) is 3.81. The van der Waals surface area contributed by atoms with Crippen molar-refractivity contribution in [2.45, 2.75) is 25.4 Å². The average Bonchev–Trinajstić information content (AvgIpc) is 2.40. The highest BCUT2D eigenvalue weighted by molar-refractivity contribution is 5.14. The van der Waals surface area contributed by atoms with E-state index < -0.39 is 0 Å². The van der Waals surface area contributed by atoms with Crippen LogP contribution in [0.25, 0.3) is 0 Å². The summed E-state index contributed by atoms with van der Waals surface area (Å²) in [6, 6.07) is 11.3. The summed E-state index contributed by atoms with van der Waals surface area (Å²) in [5, 5.41) is 9.01. The second-order valence-corrected chi connectivity index (χ2v) is 5.22. The van der Waals surface area contributed by atoms with E-state index in [2.05, 4.69) is 47.2 Å². The molecule has 1 aliphatic rings. The smallest absolute Gasteiger partial charge is 0.0558 e. The Hall–Kier alpha value is -0.900. The highest BCUT2D eigenvalue weighted by Gasteiger charge is 2.22. The molecule has 1 unspecified atom stereocenters. The van der Waals surface area contributed by atoms with E-state index in [0.29, 0.717) is 6.04 Å². The normalized spacial score (nSPS) is 21.4. The first-order valence-electron chi connectivity index (χ1n) is 6.87. The zero-order chi connectivity index (χ0) is 12.8. The second-order valence-electron chi connectivity index (χ2n) is 5.22. The predicted molar refractivity (Wildman–Crippen MR) is 74.5 cm³/mol. The molecular formula is C15H24N2O. The number of benzene rings is 1. The summed E-state index contributed by atoms with van der Waals surface area (Å²) in [4.78, 5) is 4.81. The zero-order valence-corrected chi connectivity index (χ0v) is 11.3. The first-order valence-corrected chi connectivity index (χ1v) is 6.87. The van der Waals surface area contributed by atoms with Crippen LogP contribution in [0.3, 0.4) is 0 Å². The fourth-order valence-electron chi connectivity index (χ4n) is 2.72. The van der Waals surface area contributed by atoms with Crippen LogP contribution in [0.2, 0.25) is 0 Å². The topological polar surface area (TPSA) is 26.7 Å². The Morgan fingerprint density at radius 2 is 2.11 bits per heavy atom. The molecule has 3 nitrogen and oxygen atoms in total. The number of hydrogen-bond acceptors (Lipinski definition) is 3. The molecule has 0 aliphatic carbocycles. The Labute approximate surface area is 110 Å². The minimum absolute atomic E-state index is 0.256. The monoisotopic (exact) mass is 248 g/mol. The second kappa shape index (κ2) is 6.88. The molecular weight excluding hydrogens is 224 g/mol. The summed E-state index contributed by atoms with van der Waals surface area (Å²) in [6.07, 6.45) is 2.51. The Kier molecular flexibility index (Phi) is 5.17. The summed E-state index contributed by atoms with van der Waals surface area (Å²) >= 11 is 0. The first kappa shape index (κ1) is 13.5. The molecule has 1 aromatic carbocycles. The van der Waals surface area contributed by atoms with Gasteiger partial charge in [0, 0.05) is 25.7 Å². The van der Waals surface area contributed by atoms with Gasteiger partial charge in [0.2, 0.25) is 0 Å². The number of likely N-dealkylation sites (tertiary alicyclic amines) is 1. The summed E-state index contributed by atoms with van der Waals surface area (Å²) in [7, 11) is 2.12. The van der Waals surface area contributed by atoms with Gasteiger partial charge >= 0.3 is 0 Å². The molecule has 1 aliphatic heterocycles. The molecule has 2 rings (SSSR count). The lowest BCUT2D eigenvalue weighted by atomic mass is 10.0. The van der Waals surface area contributed by atoms with E-state index in [-0.39, 0.29) is 6.61 Å². The molecule has 100 valence electrons. The maximum Gasteiger partial charge on any atom is 0.0558 e. The zero-order valence-electron chi connectivity index (χ0n) is 11.3. The van der Waals surface area contributed by atoms with Crippen LogP contribution in [0.5, 0.6) is 0 Å². The summed E-state index contributed by atoms with van der Waals surface area (Å²) in [5.74, 6) is 0. The number of nitrogens with zero attached hydrogens (tertiary/aromatic N) is 2. The van der Waals surface area contributed by atoms with Crippen LogP contribution in [-0.4, -0.2) is 54.2 Å². The van der Waals surface area contributed by atoms with Gasteiger partial charge in [-0.1, -0.05) is 30.3 Å². The largest absolute Gasteiger partial charge is 0.395 e. The lowest BCUT2D eigenvalue weighted by molar-refractivity contribution is 0.0970. The molecule has 1 saturated heterocycles. The van der Waals surface area contributed by atoms with Crippen LogP contribution < -0.4 is 0 Å². The van der Waals surface area contributed by atoms with E-state index in [1.54, 1.807) is 0 Å². The highest BCUT2D eigenvalue weighted by Crippen LogP contribution is 2.16. The Morgan fingerprint density at radius 1 is 1.33 bits per heavy atom. The van der Waals surface area contributed by atoms with Crippen molar-refractivity contribution in [3.63, 3.8) is 0 Å². The Morgan fingerprint density at radius 3 is 2.83 bits per heavy atom. The number of aliphatic hydroxyl groups is 1. The molecule has 18 heavy (non-hydrogen) atoms. The molecule has 0 amide bonds. The maximum absolute atomic E-state index is 9.01. The van der Waals surface area contributed by atoms with Gasteiger partial charge in [0.1, 0.15) is 0 Å². The number of aliphatic hydroxyl groups excluding tert-OH is 1. The van der Waals surface area contributed by atoms with E-state index in [4.69, 9.17) is 5.11 Å². The molecule has 0 radical (unpaired) electrons. The van der Waals surface area contributed by atoms with Crippen molar-refractivity contribution in [2.75, 3.05) is 33.3 Å². The minimum Gasteiger partial charge on any atom is -0.395 e.